The Bertz CT molecular complexity index is 907. The summed E-state index contributed by atoms with van der Waals surface area (Å²) in [6, 6.07) is 25.5. The number of rotatable bonds is 5. The van der Waals surface area contributed by atoms with Crippen LogP contribution in [0.3, 0.4) is 0 Å². The zero-order valence-corrected chi connectivity index (χ0v) is 15.0. The molecule has 0 fully saturated rings. The van der Waals surface area contributed by atoms with Gasteiger partial charge in [-0.25, -0.2) is 0 Å². The highest BCUT2D eigenvalue weighted by Gasteiger charge is 2.21. The molecule has 1 heterocycles. The van der Waals surface area contributed by atoms with Gasteiger partial charge in [-0.1, -0.05) is 42.5 Å². The van der Waals surface area contributed by atoms with Crippen LogP contribution in [0.25, 0.3) is 0 Å². The van der Waals surface area contributed by atoms with Crippen molar-refractivity contribution in [2.75, 3.05) is 11.9 Å². The minimum absolute atomic E-state index is 0.000862. The average molecular weight is 358 g/mol. The number of carbonyl (C=O) groups is 1. The summed E-state index contributed by atoms with van der Waals surface area (Å²) in [7, 11) is 0. The lowest BCUT2D eigenvalue weighted by Gasteiger charge is -2.26. The van der Waals surface area contributed by atoms with E-state index in [0.29, 0.717) is 6.42 Å². The number of anilines is 1. The van der Waals surface area contributed by atoms with Gasteiger partial charge in [0.2, 0.25) is 5.91 Å². The maximum atomic E-state index is 12.5. The quantitative estimate of drug-likeness (QED) is 0.695. The van der Waals surface area contributed by atoms with Crippen LogP contribution in [0.4, 0.5) is 5.69 Å². The summed E-state index contributed by atoms with van der Waals surface area (Å²) in [5.41, 5.74) is 3.33. The first kappa shape index (κ1) is 17.3. The zero-order valence-electron chi connectivity index (χ0n) is 15.0. The van der Waals surface area contributed by atoms with Crippen LogP contribution in [0.1, 0.15) is 23.6 Å². The minimum atomic E-state index is 0.000862. The first-order valence-electron chi connectivity index (χ1n) is 9.22. The van der Waals surface area contributed by atoms with E-state index in [4.69, 9.17) is 4.74 Å². The molecule has 1 amide bonds. The monoisotopic (exact) mass is 358 g/mol. The number of carbonyl (C=O) groups excluding carboxylic acids is 1. The summed E-state index contributed by atoms with van der Waals surface area (Å²) < 4.78 is 5.78. The number of fused-ring (bicyclic) bond motifs is 1. The molecule has 1 aliphatic rings. The Hall–Kier alpha value is -3.11. The summed E-state index contributed by atoms with van der Waals surface area (Å²) in [6.45, 7) is 0.903. The van der Waals surface area contributed by atoms with Crippen LogP contribution in [0.2, 0.25) is 0 Å². The Morgan fingerprint density at radius 1 is 0.926 bits per heavy atom. The highest BCUT2D eigenvalue weighted by atomic mass is 16.5. The molecule has 0 bridgehead atoms. The van der Waals surface area contributed by atoms with Gasteiger partial charge in [-0.2, -0.15) is 0 Å². The first-order chi connectivity index (χ1) is 13.3. The molecule has 0 saturated carbocycles. The lowest BCUT2D eigenvalue weighted by molar-refractivity contribution is -0.116. The van der Waals surface area contributed by atoms with E-state index >= 15 is 0 Å². The molecule has 1 aliphatic heterocycles. The Morgan fingerprint density at radius 3 is 2.44 bits per heavy atom. The van der Waals surface area contributed by atoms with Crippen LogP contribution in [-0.2, 0) is 11.2 Å². The van der Waals surface area contributed by atoms with Gasteiger partial charge < -0.3 is 15.4 Å². The highest BCUT2D eigenvalue weighted by molar-refractivity contribution is 5.91. The molecule has 4 nitrogen and oxygen atoms in total. The molecule has 0 spiro atoms. The van der Waals surface area contributed by atoms with Gasteiger partial charge in [0.1, 0.15) is 11.5 Å². The second-order valence-corrected chi connectivity index (χ2v) is 6.65. The molecule has 1 atom stereocenters. The number of hydrogen-bond donors (Lipinski definition) is 2. The molecule has 0 radical (unpaired) electrons. The third-order valence-electron chi connectivity index (χ3n) is 4.72. The molecule has 0 aromatic heterocycles. The number of nitrogens with one attached hydrogen (secondary N) is 2. The molecule has 136 valence electrons. The standard InChI is InChI=1S/C23H22N2O2/c26-23(16-22-21-9-5-4-6-17(21)14-15-24-22)25-18-10-12-20(13-11-18)27-19-7-2-1-3-8-19/h1-13,22,24H,14-16H2,(H,25,26)/t22-/m1/s1. The molecular formula is C23H22N2O2. The van der Waals surface area contributed by atoms with Crippen molar-refractivity contribution in [3.63, 3.8) is 0 Å². The highest BCUT2D eigenvalue weighted by Crippen LogP contribution is 2.26. The summed E-state index contributed by atoms with van der Waals surface area (Å²) in [6.07, 6.45) is 1.43. The van der Waals surface area contributed by atoms with Crippen LogP contribution < -0.4 is 15.4 Å². The molecular weight excluding hydrogens is 336 g/mol. The van der Waals surface area contributed by atoms with E-state index in [-0.39, 0.29) is 11.9 Å². The van der Waals surface area contributed by atoms with Crippen molar-refractivity contribution in [1.82, 2.24) is 5.32 Å². The molecule has 27 heavy (non-hydrogen) atoms. The molecule has 2 N–H and O–H groups in total. The van der Waals surface area contributed by atoms with Gasteiger partial charge in [-0.15, -0.1) is 0 Å². The van der Waals surface area contributed by atoms with Crippen LogP contribution in [0, 0.1) is 0 Å². The van der Waals surface area contributed by atoms with Crippen LogP contribution in [0.5, 0.6) is 11.5 Å². The summed E-state index contributed by atoms with van der Waals surface area (Å²) in [5, 5.41) is 6.42. The molecule has 4 rings (SSSR count). The smallest absolute Gasteiger partial charge is 0.226 e. The van der Waals surface area contributed by atoms with Crippen molar-refractivity contribution in [1.29, 1.82) is 0 Å². The van der Waals surface area contributed by atoms with E-state index < -0.39 is 0 Å². The van der Waals surface area contributed by atoms with Gasteiger partial charge in [0, 0.05) is 18.2 Å². The van der Waals surface area contributed by atoms with E-state index in [1.807, 2.05) is 60.7 Å². The third kappa shape index (κ3) is 4.36. The van der Waals surface area contributed by atoms with E-state index in [9.17, 15) is 4.79 Å². The topological polar surface area (TPSA) is 50.4 Å². The van der Waals surface area contributed by atoms with Gasteiger partial charge in [-0.3, -0.25) is 4.79 Å². The lowest BCUT2D eigenvalue weighted by atomic mass is 9.92. The predicted molar refractivity (Wildman–Crippen MR) is 107 cm³/mol. The van der Waals surface area contributed by atoms with E-state index in [0.717, 1.165) is 30.2 Å². The second kappa shape index (κ2) is 8.06. The van der Waals surface area contributed by atoms with Crippen LogP contribution in [0.15, 0.2) is 78.9 Å². The van der Waals surface area contributed by atoms with Crippen LogP contribution >= 0.6 is 0 Å². The van der Waals surface area contributed by atoms with E-state index in [1.54, 1.807) is 0 Å². The third-order valence-corrected chi connectivity index (χ3v) is 4.72. The second-order valence-electron chi connectivity index (χ2n) is 6.65. The molecule has 4 heteroatoms. The number of benzene rings is 3. The van der Waals surface area contributed by atoms with E-state index in [1.165, 1.54) is 11.1 Å². The summed E-state index contributed by atoms with van der Waals surface area (Å²) in [4.78, 5) is 12.5. The maximum absolute atomic E-state index is 12.5. The van der Waals surface area contributed by atoms with Gasteiger partial charge in [-0.05, 0) is 60.5 Å². The van der Waals surface area contributed by atoms with Crippen LogP contribution in [-0.4, -0.2) is 12.5 Å². The molecule has 3 aromatic carbocycles. The first-order valence-corrected chi connectivity index (χ1v) is 9.22. The van der Waals surface area contributed by atoms with Crippen molar-refractivity contribution in [2.45, 2.75) is 18.9 Å². The van der Waals surface area contributed by atoms with Gasteiger partial charge in [0.15, 0.2) is 0 Å². The molecule has 0 unspecified atom stereocenters. The Morgan fingerprint density at radius 2 is 1.63 bits per heavy atom. The number of amides is 1. The normalized spacial score (nSPS) is 15.6. The lowest BCUT2D eigenvalue weighted by Crippen LogP contribution is -2.32. The largest absolute Gasteiger partial charge is 0.457 e. The zero-order chi connectivity index (χ0) is 18.5. The number of ether oxygens (including phenoxy) is 1. The van der Waals surface area contributed by atoms with Gasteiger partial charge in [0.05, 0.1) is 0 Å². The minimum Gasteiger partial charge on any atom is -0.457 e. The Labute approximate surface area is 159 Å². The van der Waals surface area contributed by atoms with Crippen molar-refractivity contribution in [3.05, 3.63) is 90.0 Å². The average Bonchev–Trinajstić information content (AvgIpc) is 2.71. The van der Waals surface area contributed by atoms with E-state index in [2.05, 4.69) is 28.8 Å². The fourth-order valence-electron chi connectivity index (χ4n) is 3.40. The van der Waals surface area contributed by atoms with Crippen molar-refractivity contribution < 1.29 is 9.53 Å². The van der Waals surface area contributed by atoms with Crippen molar-refractivity contribution in [2.24, 2.45) is 0 Å². The fourth-order valence-corrected chi connectivity index (χ4v) is 3.40. The molecule has 0 aliphatic carbocycles. The predicted octanol–water partition coefficient (Wildman–Crippen LogP) is 4.69. The fraction of sp³-hybridized carbons (Fsp3) is 0.174. The Kier molecular flexibility index (Phi) is 5.17. The SMILES string of the molecule is O=C(C[C@H]1NCCc2ccccc21)Nc1ccc(Oc2ccccc2)cc1. The van der Waals surface area contributed by atoms with Crippen molar-refractivity contribution >= 4 is 11.6 Å². The van der Waals surface area contributed by atoms with Crippen molar-refractivity contribution in [3.8, 4) is 11.5 Å². The van der Waals surface area contributed by atoms with Gasteiger partial charge in [0.25, 0.3) is 0 Å². The Balaban J connectivity index is 1.36. The molecule has 3 aromatic rings. The number of hydrogen-bond acceptors (Lipinski definition) is 3. The summed E-state index contributed by atoms with van der Waals surface area (Å²) >= 11 is 0. The summed E-state index contributed by atoms with van der Waals surface area (Å²) in [5.74, 6) is 1.53. The molecule has 0 saturated heterocycles. The van der Waals surface area contributed by atoms with Gasteiger partial charge >= 0.3 is 0 Å². The maximum Gasteiger partial charge on any atom is 0.226 e. The number of para-hydroxylation sites is 1.